The lowest BCUT2D eigenvalue weighted by Crippen LogP contribution is -2.42. The lowest BCUT2D eigenvalue weighted by atomic mass is 9.85. The van der Waals surface area contributed by atoms with Crippen molar-refractivity contribution in [2.45, 2.75) is 31.7 Å². The molecule has 1 saturated carbocycles. The van der Waals surface area contributed by atoms with Gasteiger partial charge in [0.05, 0.1) is 17.9 Å². The average Bonchev–Trinajstić information content (AvgIpc) is 2.80. The third-order valence-electron chi connectivity index (χ3n) is 6.27. The van der Waals surface area contributed by atoms with E-state index in [0.29, 0.717) is 6.61 Å². The first-order chi connectivity index (χ1) is 15.7. The number of hydrogen-bond donors (Lipinski definition) is 3. The number of phenols is 1. The predicted molar refractivity (Wildman–Crippen MR) is 128 cm³/mol. The molecule has 0 radical (unpaired) electrons. The van der Waals surface area contributed by atoms with E-state index in [1.807, 2.05) is 0 Å². The number of benzene rings is 1. The molecule has 1 aliphatic carbocycles. The molecule has 0 aliphatic heterocycles. The van der Waals surface area contributed by atoms with Gasteiger partial charge in [-0.05, 0) is 25.0 Å². The third kappa shape index (κ3) is 4.90. The van der Waals surface area contributed by atoms with Crippen molar-refractivity contribution < 1.29 is 14.6 Å². The van der Waals surface area contributed by atoms with Crippen LogP contribution in [0.15, 0.2) is 27.8 Å². The normalized spacial score (nSPS) is 18.1. The molecule has 2 aromatic rings. The predicted octanol–water partition coefficient (Wildman–Crippen LogP) is 1.85. The molecule has 0 saturated heterocycles. The molecule has 1 aromatic carbocycles. The fraction of sp³-hybridized carbons (Fsp3) is 0.522. The van der Waals surface area contributed by atoms with Crippen LogP contribution in [-0.4, -0.2) is 59.1 Å². The minimum Gasteiger partial charge on any atom is -0.505 e. The van der Waals surface area contributed by atoms with Crippen LogP contribution < -0.4 is 21.8 Å². The maximum Gasteiger partial charge on any atom is 0.290 e. The molecular formula is C23H33N5O5. The van der Waals surface area contributed by atoms with Crippen LogP contribution in [0.2, 0.25) is 0 Å². The van der Waals surface area contributed by atoms with Gasteiger partial charge in [-0.25, -0.2) is 9.36 Å². The van der Waals surface area contributed by atoms with Gasteiger partial charge in [-0.15, -0.1) is 0 Å². The number of rotatable bonds is 7. The molecule has 1 aromatic heterocycles. The Morgan fingerprint density at radius 1 is 1.12 bits per heavy atom. The van der Waals surface area contributed by atoms with Crippen LogP contribution in [0, 0.1) is 5.92 Å². The van der Waals surface area contributed by atoms with Crippen LogP contribution in [0.4, 0.5) is 17.1 Å². The number of carbonyl (C=O) groups is 1. The number of aromatic nitrogens is 2. The Labute approximate surface area is 192 Å². The summed E-state index contributed by atoms with van der Waals surface area (Å²) >= 11 is 0. The van der Waals surface area contributed by atoms with Crippen molar-refractivity contribution in [2.24, 2.45) is 20.0 Å². The fourth-order valence-corrected chi connectivity index (χ4v) is 4.25. The average molecular weight is 460 g/mol. The Bertz CT molecular complexity index is 1140. The second-order valence-electron chi connectivity index (χ2n) is 8.68. The molecule has 1 aliphatic rings. The summed E-state index contributed by atoms with van der Waals surface area (Å²) in [6, 6.07) is 4.63. The molecule has 2 atom stereocenters. The summed E-state index contributed by atoms with van der Waals surface area (Å²) in [5.41, 5.74) is -0.408. The smallest absolute Gasteiger partial charge is 0.290 e. The monoisotopic (exact) mass is 459 g/mol. The van der Waals surface area contributed by atoms with Gasteiger partial charge in [-0.1, -0.05) is 18.9 Å². The molecule has 10 nitrogen and oxygen atoms in total. The molecule has 3 rings (SSSR count). The number of anilines is 3. The summed E-state index contributed by atoms with van der Waals surface area (Å²) in [6.07, 6.45) is 3.92. The van der Waals surface area contributed by atoms with Gasteiger partial charge in [0.1, 0.15) is 11.4 Å². The van der Waals surface area contributed by atoms with Gasteiger partial charge in [0, 0.05) is 47.3 Å². The summed E-state index contributed by atoms with van der Waals surface area (Å²) < 4.78 is 7.82. The Morgan fingerprint density at radius 3 is 2.39 bits per heavy atom. The molecular weight excluding hydrogens is 426 g/mol. The molecule has 10 heteroatoms. The summed E-state index contributed by atoms with van der Waals surface area (Å²) in [4.78, 5) is 40.1. The first-order valence-corrected chi connectivity index (χ1v) is 11.0. The van der Waals surface area contributed by atoms with Crippen molar-refractivity contribution in [3.05, 3.63) is 44.5 Å². The number of para-hydroxylation sites is 1. The number of hydrogen-bond acceptors (Lipinski definition) is 7. The van der Waals surface area contributed by atoms with E-state index < -0.39 is 5.56 Å². The molecule has 3 N–H and O–H groups in total. The molecule has 33 heavy (non-hydrogen) atoms. The van der Waals surface area contributed by atoms with Gasteiger partial charge in [-0.2, -0.15) is 0 Å². The first kappa shape index (κ1) is 24.4. The molecule has 2 unspecified atom stereocenters. The highest BCUT2D eigenvalue weighted by Gasteiger charge is 2.28. The number of nitrogens with one attached hydrogen (secondary N) is 2. The van der Waals surface area contributed by atoms with Crippen LogP contribution in [0.5, 0.6) is 5.75 Å². The van der Waals surface area contributed by atoms with Crippen molar-refractivity contribution in [1.29, 1.82) is 0 Å². The Balaban J connectivity index is 2.08. The fourth-order valence-electron chi connectivity index (χ4n) is 4.25. The lowest BCUT2D eigenvalue weighted by molar-refractivity contribution is 0.0824. The number of ether oxygens (including phenoxy) is 1. The Morgan fingerprint density at radius 2 is 1.76 bits per heavy atom. The molecule has 180 valence electrons. The van der Waals surface area contributed by atoms with E-state index in [4.69, 9.17) is 4.74 Å². The highest BCUT2D eigenvalue weighted by Crippen LogP contribution is 2.33. The van der Waals surface area contributed by atoms with E-state index in [1.165, 1.54) is 34.4 Å². The minimum absolute atomic E-state index is 0.0205. The second kappa shape index (κ2) is 10.1. The zero-order chi connectivity index (χ0) is 24.3. The van der Waals surface area contributed by atoms with Crippen molar-refractivity contribution in [2.75, 3.05) is 38.4 Å². The largest absolute Gasteiger partial charge is 0.505 e. The minimum atomic E-state index is -0.442. The number of carbonyl (C=O) groups excluding carboxylic acids is 1. The first-order valence-electron chi connectivity index (χ1n) is 11.0. The van der Waals surface area contributed by atoms with E-state index in [1.54, 1.807) is 33.3 Å². The molecule has 1 heterocycles. The zero-order valence-corrected chi connectivity index (χ0v) is 19.8. The number of phenolic OH excluding ortho intramolecular Hbond substituents is 1. The molecule has 0 bridgehead atoms. The maximum atomic E-state index is 13.2. The number of methoxy groups -OCH3 is 1. The van der Waals surface area contributed by atoms with Crippen LogP contribution in [0.25, 0.3) is 0 Å². The third-order valence-corrected chi connectivity index (χ3v) is 6.27. The maximum absolute atomic E-state index is 13.2. The summed E-state index contributed by atoms with van der Waals surface area (Å²) in [5, 5.41) is 17.0. The quantitative estimate of drug-likeness (QED) is 0.541. The van der Waals surface area contributed by atoms with Crippen molar-refractivity contribution in [3.8, 4) is 5.75 Å². The SMILES string of the molecule is COCC1CCCCC1Nc1c(Nc2cccc(C(=O)N(C)C)c2O)c(=O)n(C)n(C)c1=O. The van der Waals surface area contributed by atoms with E-state index in [2.05, 4.69) is 10.6 Å². The highest BCUT2D eigenvalue weighted by molar-refractivity contribution is 5.98. The topological polar surface area (TPSA) is 118 Å². The summed E-state index contributed by atoms with van der Waals surface area (Å²) in [5.74, 6) is -0.462. The van der Waals surface area contributed by atoms with Gasteiger partial charge < -0.3 is 25.4 Å². The van der Waals surface area contributed by atoms with Crippen LogP contribution in [-0.2, 0) is 18.8 Å². The van der Waals surface area contributed by atoms with E-state index in [-0.39, 0.29) is 51.8 Å². The summed E-state index contributed by atoms with van der Waals surface area (Å²) in [7, 11) is 7.85. The van der Waals surface area contributed by atoms with Crippen LogP contribution in [0.3, 0.4) is 0 Å². The number of aromatic hydroxyl groups is 1. The molecule has 0 spiro atoms. The van der Waals surface area contributed by atoms with E-state index >= 15 is 0 Å². The van der Waals surface area contributed by atoms with Crippen molar-refractivity contribution in [3.63, 3.8) is 0 Å². The molecule has 1 amide bonds. The second-order valence-corrected chi connectivity index (χ2v) is 8.68. The van der Waals surface area contributed by atoms with E-state index in [0.717, 1.165) is 25.7 Å². The van der Waals surface area contributed by atoms with E-state index in [9.17, 15) is 19.5 Å². The Hall–Kier alpha value is -3.27. The number of nitrogens with zero attached hydrogens (tertiary/aromatic N) is 3. The zero-order valence-electron chi connectivity index (χ0n) is 19.8. The van der Waals surface area contributed by atoms with Crippen LogP contribution >= 0.6 is 0 Å². The number of amides is 1. The Kier molecular flexibility index (Phi) is 7.47. The van der Waals surface area contributed by atoms with Crippen LogP contribution in [0.1, 0.15) is 36.0 Å². The van der Waals surface area contributed by atoms with Crippen molar-refractivity contribution in [1.82, 2.24) is 14.3 Å². The summed E-state index contributed by atoms with van der Waals surface area (Å²) in [6.45, 7) is 0.557. The van der Waals surface area contributed by atoms with Gasteiger partial charge in [-0.3, -0.25) is 14.4 Å². The lowest BCUT2D eigenvalue weighted by Gasteiger charge is -2.33. The van der Waals surface area contributed by atoms with Gasteiger partial charge in [0.15, 0.2) is 5.75 Å². The van der Waals surface area contributed by atoms with Gasteiger partial charge in [0.25, 0.3) is 17.0 Å². The highest BCUT2D eigenvalue weighted by atomic mass is 16.5. The van der Waals surface area contributed by atoms with Crippen molar-refractivity contribution >= 4 is 23.0 Å². The van der Waals surface area contributed by atoms with Gasteiger partial charge >= 0.3 is 0 Å². The molecule has 1 fully saturated rings. The standard InChI is InChI=1S/C23H33N5O5/c1-26(2)21(30)15-10-8-12-17(20(15)29)25-19-18(22(31)27(3)28(4)23(19)32)24-16-11-7-6-9-14(16)13-33-5/h8,10,12,14,16,24-25,29H,6-7,9,11,13H2,1-5H3. The van der Waals surface area contributed by atoms with Gasteiger partial charge in [0.2, 0.25) is 0 Å².